The third kappa shape index (κ3) is 5.80. The number of nitrogens with zero attached hydrogens (tertiary/aromatic N) is 3. The van der Waals surface area contributed by atoms with Gasteiger partial charge in [0, 0.05) is 59.6 Å². The minimum Gasteiger partial charge on any atom is -0.456 e. The predicted octanol–water partition coefficient (Wildman–Crippen LogP) is 6.52. The Bertz CT molecular complexity index is 2000. The van der Waals surface area contributed by atoms with Gasteiger partial charge in [0.25, 0.3) is 17.4 Å². The molecule has 0 fully saturated rings. The molecule has 0 unspecified atom stereocenters. The topological polar surface area (TPSA) is 120 Å². The van der Waals surface area contributed by atoms with Gasteiger partial charge in [-0.05, 0) is 67.4 Å². The molecule has 0 radical (unpaired) electrons. The third-order valence-electron chi connectivity index (χ3n) is 7.39. The first-order valence-electron chi connectivity index (χ1n) is 13.9. The highest BCUT2D eigenvalue weighted by Crippen LogP contribution is 2.39. The molecule has 0 aliphatic carbocycles. The fourth-order valence-corrected chi connectivity index (χ4v) is 5.33. The number of hydrogen-bond acceptors (Lipinski definition) is 5. The molecule has 0 atom stereocenters. The number of nitrogens with one attached hydrogen (secondary N) is 2. The summed E-state index contributed by atoms with van der Waals surface area (Å²) in [4.78, 5) is 44.0. The van der Waals surface area contributed by atoms with Gasteiger partial charge in [0.1, 0.15) is 22.7 Å². The molecule has 0 aliphatic rings. The number of anilines is 1. The highest BCUT2D eigenvalue weighted by Gasteiger charge is 2.23. The SMILES string of the molecule is CNC(=O)c1cc2c(-c3ccc(C(=O)N(CCC#N)c4cccc(Cl)c4)cc3Oc3c(C)cccc3C)cn(C)c(=O)c2[nH]1. The Morgan fingerprint density at radius 3 is 2.45 bits per heavy atom. The van der Waals surface area contributed by atoms with E-state index >= 15 is 0 Å². The van der Waals surface area contributed by atoms with Gasteiger partial charge in [0.05, 0.1) is 12.5 Å². The van der Waals surface area contributed by atoms with E-state index in [0.717, 1.165) is 11.1 Å². The van der Waals surface area contributed by atoms with E-state index in [1.165, 1.54) is 16.5 Å². The number of amides is 2. The summed E-state index contributed by atoms with van der Waals surface area (Å²) in [5.74, 6) is 0.313. The Kier molecular flexibility index (Phi) is 8.56. The Balaban J connectivity index is 1.72. The molecule has 2 heterocycles. The Hall–Kier alpha value is -5.33. The molecule has 5 rings (SSSR count). The van der Waals surface area contributed by atoms with Crippen molar-refractivity contribution in [3.8, 4) is 28.7 Å². The van der Waals surface area contributed by atoms with Crippen LogP contribution in [0.15, 0.2) is 77.7 Å². The molecular formula is C34H30ClN5O4. The van der Waals surface area contributed by atoms with Gasteiger partial charge in [0.2, 0.25) is 0 Å². The molecule has 2 N–H and O–H groups in total. The zero-order chi connectivity index (χ0) is 31.5. The van der Waals surface area contributed by atoms with Crippen molar-refractivity contribution in [2.75, 3.05) is 18.5 Å². The standard InChI is InChI=1S/C34H30ClN5O4/c1-20-8-5-9-21(2)31(20)44-29-16-22(33(42)40(15-7-14-36)24-11-6-10-23(35)17-24)12-13-25(29)27-19-39(4)34(43)30-26(27)18-28(38-30)32(41)37-3/h5-6,8-13,16-19,38H,7,15H2,1-4H3,(H,37,41). The lowest BCUT2D eigenvalue weighted by Crippen LogP contribution is -2.31. The summed E-state index contributed by atoms with van der Waals surface area (Å²) in [5, 5.41) is 12.9. The van der Waals surface area contributed by atoms with E-state index in [0.29, 0.717) is 44.3 Å². The second kappa shape index (κ2) is 12.5. The zero-order valence-electron chi connectivity index (χ0n) is 24.7. The molecule has 0 aliphatic heterocycles. The molecule has 0 bridgehead atoms. The van der Waals surface area contributed by atoms with Crippen molar-refractivity contribution in [1.82, 2.24) is 14.9 Å². The second-order valence-corrected chi connectivity index (χ2v) is 10.8. The van der Waals surface area contributed by atoms with Gasteiger partial charge in [-0.15, -0.1) is 0 Å². The summed E-state index contributed by atoms with van der Waals surface area (Å²) in [6, 6.07) is 21.6. The van der Waals surface area contributed by atoms with Gasteiger partial charge in [-0.2, -0.15) is 5.26 Å². The number of nitriles is 1. The monoisotopic (exact) mass is 607 g/mol. The number of ether oxygens (including phenoxy) is 1. The minimum absolute atomic E-state index is 0.124. The first-order valence-corrected chi connectivity index (χ1v) is 14.3. The smallest absolute Gasteiger partial charge is 0.274 e. The Morgan fingerprint density at radius 2 is 1.77 bits per heavy atom. The molecule has 9 nitrogen and oxygen atoms in total. The van der Waals surface area contributed by atoms with Crippen LogP contribution in [0.3, 0.4) is 0 Å². The Morgan fingerprint density at radius 1 is 1.05 bits per heavy atom. The summed E-state index contributed by atoms with van der Waals surface area (Å²) in [6.07, 6.45) is 1.81. The lowest BCUT2D eigenvalue weighted by Gasteiger charge is -2.23. The van der Waals surface area contributed by atoms with E-state index in [2.05, 4.69) is 16.4 Å². The number of fused-ring (bicyclic) bond motifs is 1. The minimum atomic E-state index is -0.361. The molecule has 3 aromatic carbocycles. The number of aromatic amines is 1. The quantitative estimate of drug-likeness (QED) is 0.208. The van der Waals surface area contributed by atoms with Crippen LogP contribution in [0, 0.1) is 25.2 Å². The van der Waals surface area contributed by atoms with Crippen LogP contribution in [0.1, 0.15) is 38.4 Å². The average molecular weight is 608 g/mol. The number of halogens is 1. The van der Waals surface area contributed by atoms with Crippen LogP contribution in [0.2, 0.25) is 5.02 Å². The second-order valence-electron chi connectivity index (χ2n) is 10.4. The van der Waals surface area contributed by atoms with Crippen molar-refractivity contribution in [2.45, 2.75) is 20.3 Å². The number of carbonyl (C=O) groups excluding carboxylic acids is 2. The molecule has 0 saturated carbocycles. The van der Waals surface area contributed by atoms with Crippen LogP contribution in [-0.2, 0) is 7.05 Å². The predicted molar refractivity (Wildman–Crippen MR) is 172 cm³/mol. The molecule has 5 aromatic rings. The van der Waals surface area contributed by atoms with E-state index in [1.54, 1.807) is 61.8 Å². The Labute approximate surface area is 259 Å². The summed E-state index contributed by atoms with van der Waals surface area (Å²) in [7, 11) is 3.15. The van der Waals surface area contributed by atoms with Gasteiger partial charge in [-0.3, -0.25) is 14.4 Å². The number of para-hydroxylation sites is 1. The molecule has 10 heteroatoms. The highest BCUT2D eigenvalue weighted by molar-refractivity contribution is 6.31. The van der Waals surface area contributed by atoms with E-state index in [1.807, 2.05) is 32.0 Å². The maximum absolute atomic E-state index is 14.0. The number of hydrogen-bond donors (Lipinski definition) is 2. The number of aromatic nitrogens is 2. The van der Waals surface area contributed by atoms with Crippen LogP contribution in [0.5, 0.6) is 11.5 Å². The number of pyridine rings is 1. The van der Waals surface area contributed by atoms with Gasteiger partial charge in [-0.25, -0.2) is 0 Å². The van der Waals surface area contributed by atoms with E-state index in [-0.39, 0.29) is 41.5 Å². The molecular weight excluding hydrogens is 578 g/mol. The van der Waals surface area contributed by atoms with Crippen molar-refractivity contribution in [1.29, 1.82) is 5.26 Å². The van der Waals surface area contributed by atoms with Gasteiger partial charge < -0.3 is 24.5 Å². The van der Waals surface area contributed by atoms with Gasteiger partial charge in [-0.1, -0.05) is 35.9 Å². The molecule has 222 valence electrons. The molecule has 2 amide bonds. The number of carbonyl (C=O) groups is 2. The van der Waals surface area contributed by atoms with Crippen LogP contribution < -0.4 is 20.5 Å². The number of rotatable bonds is 8. The van der Waals surface area contributed by atoms with Crippen LogP contribution in [0.4, 0.5) is 5.69 Å². The summed E-state index contributed by atoms with van der Waals surface area (Å²) >= 11 is 6.23. The highest BCUT2D eigenvalue weighted by atomic mass is 35.5. The van der Waals surface area contributed by atoms with Crippen molar-refractivity contribution < 1.29 is 14.3 Å². The van der Waals surface area contributed by atoms with Crippen molar-refractivity contribution in [3.63, 3.8) is 0 Å². The number of aryl methyl sites for hydroxylation is 3. The summed E-state index contributed by atoms with van der Waals surface area (Å²) in [6.45, 7) is 4.04. The zero-order valence-corrected chi connectivity index (χ0v) is 25.5. The van der Waals surface area contributed by atoms with Crippen molar-refractivity contribution >= 4 is 40.0 Å². The van der Waals surface area contributed by atoms with E-state index in [9.17, 15) is 19.6 Å². The fourth-order valence-electron chi connectivity index (χ4n) is 5.15. The molecule has 2 aromatic heterocycles. The van der Waals surface area contributed by atoms with Crippen molar-refractivity contribution in [2.24, 2.45) is 7.05 Å². The number of H-pyrrole nitrogens is 1. The largest absolute Gasteiger partial charge is 0.456 e. The van der Waals surface area contributed by atoms with Gasteiger partial charge >= 0.3 is 0 Å². The summed E-state index contributed by atoms with van der Waals surface area (Å²) < 4.78 is 8.01. The normalized spacial score (nSPS) is 10.8. The number of benzene rings is 3. The van der Waals surface area contributed by atoms with Crippen molar-refractivity contribution in [3.05, 3.63) is 111 Å². The van der Waals surface area contributed by atoms with E-state index in [4.69, 9.17) is 16.3 Å². The first kappa shape index (κ1) is 30.1. The van der Waals surface area contributed by atoms with Gasteiger partial charge in [0.15, 0.2) is 0 Å². The maximum atomic E-state index is 14.0. The third-order valence-corrected chi connectivity index (χ3v) is 7.62. The van der Waals surface area contributed by atoms with Crippen LogP contribution in [0.25, 0.3) is 22.0 Å². The molecule has 44 heavy (non-hydrogen) atoms. The fraction of sp³-hybridized carbons (Fsp3) is 0.176. The lowest BCUT2D eigenvalue weighted by atomic mass is 10.00. The average Bonchev–Trinajstić information content (AvgIpc) is 3.47. The first-order chi connectivity index (χ1) is 21.1. The molecule has 0 spiro atoms. The maximum Gasteiger partial charge on any atom is 0.274 e. The van der Waals surface area contributed by atoms with Crippen LogP contribution >= 0.6 is 11.6 Å². The lowest BCUT2D eigenvalue weighted by molar-refractivity contribution is 0.0957. The summed E-state index contributed by atoms with van der Waals surface area (Å²) in [5.41, 5.74) is 4.15. The van der Waals surface area contributed by atoms with E-state index < -0.39 is 0 Å². The van der Waals surface area contributed by atoms with Crippen LogP contribution in [-0.4, -0.2) is 35.0 Å². The molecule has 0 saturated heterocycles.